The second-order valence-electron chi connectivity index (χ2n) is 5.64. The fourth-order valence-electron chi connectivity index (χ4n) is 2.83. The van der Waals surface area contributed by atoms with Crippen molar-refractivity contribution in [1.82, 2.24) is 4.98 Å². The summed E-state index contributed by atoms with van der Waals surface area (Å²) in [5.41, 5.74) is 1.15. The van der Waals surface area contributed by atoms with Crippen LogP contribution < -0.4 is 5.32 Å². The van der Waals surface area contributed by atoms with E-state index in [2.05, 4.69) is 16.4 Å². The number of halogens is 1. The van der Waals surface area contributed by atoms with E-state index in [9.17, 15) is 14.4 Å². The van der Waals surface area contributed by atoms with Crippen molar-refractivity contribution in [2.75, 3.05) is 5.32 Å². The molecule has 3 rings (SSSR count). The van der Waals surface area contributed by atoms with Crippen molar-refractivity contribution in [2.24, 2.45) is 5.92 Å². The van der Waals surface area contributed by atoms with Crippen LogP contribution in [0, 0.1) is 23.1 Å². The third-order valence-electron chi connectivity index (χ3n) is 4.05. The highest BCUT2D eigenvalue weighted by Gasteiger charge is 2.23. The quantitative estimate of drug-likeness (QED) is 0.911. The minimum Gasteiger partial charge on any atom is -0.302 e. The molecule has 1 heterocycles. The van der Waals surface area contributed by atoms with E-state index in [1.54, 1.807) is 12.1 Å². The van der Waals surface area contributed by atoms with Gasteiger partial charge in [0.1, 0.15) is 22.5 Å². The molecule has 1 aromatic heterocycles. The van der Waals surface area contributed by atoms with E-state index in [4.69, 9.17) is 0 Å². The number of nitriles is 1. The second kappa shape index (κ2) is 6.88. The van der Waals surface area contributed by atoms with Crippen molar-refractivity contribution in [1.29, 1.82) is 5.26 Å². The van der Waals surface area contributed by atoms with Crippen molar-refractivity contribution in [3.8, 4) is 17.3 Å². The Balaban J connectivity index is 1.80. The number of carbonyl (C=O) groups excluding carboxylic acids is 1. The smallest absolute Gasteiger partial charge is 0.229 e. The van der Waals surface area contributed by atoms with Gasteiger partial charge in [-0.25, -0.2) is 9.37 Å². The van der Waals surface area contributed by atoms with Gasteiger partial charge in [-0.1, -0.05) is 30.6 Å². The molecule has 1 aliphatic rings. The Labute approximate surface area is 138 Å². The molecule has 1 aliphatic carbocycles. The van der Waals surface area contributed by atoms with Crippen LogP contribution in [0.5, 0.6) is 0 Å². The van der Waals surface area contributed by atoms with Crippen LogP contribution in [-0.2, 0) is 4.79 Å². The number of thiazole rings is 1. The third kappa shape index (κ3) is 3.57. The van der Waals surface area contributed by atoms with Crippen molar-refractivity contribution < 1.29 is 9.18 Å². The largest absolute Gasteiger partial charge is 0.302 e. The van der Waals surface area contributed by atoms with E-state index in [0.717, 1.165) is 37.0 Å². The third-order valence-corrected chi connectivity index (χ3v) is 4.93. The number of hydrogen-bond donors (Lipinski definition) is 1. The van der Waals surface area contributed by atoms with E-state index < -0.39 is 0 Å². The van der Waals surface area contributed by atoms with Crippen molar-refractivity contribution in [3.63, 3.8) is 0 Å². The van der Waals surface area contributed by atoms with E-state index in [-0.39, 0.29) is 17.6 Å². The molecular formula is C17H16FN3OS. The van der Waals surface area contributed by atoms with Crippen LogP contribution in [0.3, 0.4) is 0 Å². The van der Waals surface area contributed by atoms with Gasteiger partial charge in [-0.3, -0.25) is 4.79 Å². The van der Waals surface area contributed by atoms with Gasteiger partial charge in [-0.15, -0.1) is 0 Å². The Kier molecular flexibility index (Phi) is 4.68. The Morgan fingerprint density at radius 2 is 1.96 bits per heavy atom. The average molecular weight is 329 g/mol. The molecule has 1 aromatic carbocycles. The molecule has 0 aliphatic heterocycles. The maximum Gasteiger partial charge on any atom is 0.229 e. The molecule has 1 fully saturated rings. The Hall–Kier alpha value is -2.26. The minimum atomic E-state index is -0.340. The molecule has 1 N–H and O–H groups in total. The topological polar surface area (TPSA) is 65.8 Å². The van der Waals surface area contributed by atoms with Crippen LogP contribution in [0.25, 0.3) is 11.3 Å². The van der Waals surface area contributed by atoms with E-state index in [1.807, 2.05) is 0 Å². The maximum absolute atomic E-state index is 13.0. The Morgan fingerprint density at radius 3 is 2.61 bits per heavy atom. The number of carbonyl (C=O) groups is 1. The number of hydrogen-bond acceptors (Lipinski definition) is 4. The van der Waals surface area contributed by atoms with Gasteiger partial charge in [-0.05, 0) is 37.1 Å². The lowest BCUT2D eigenvalue weighted by Crippen LogP contribution is -2.24. The number of nitrogens with zero attached hydrogens (tertiary/aromatic N) is 2. The molecule has 23 heavy (non-hydrogen) atoms. The van der Waals surface area contributed by atoms with Gasteiger partial charge in [0.25, 0.3) is 0 Å². The molecule has 0 radical (unpaired) electrons. The summed E-state index contributed by atoms with van der Waals surface area (Å²) < 4.78 is 13.0. The Bertz CT molecular complexity index is 742. The van der Waals surface area contributed by atoms with Gasteiger partial charge < -0.3 is 5.32 Å². The van der Waals surface area contributed by atoms with Gasteiger partial charge in [0.15, 0.2) is 5.13 Å². The standard InChI is InChI=1S/C17H16FN3OS/c18-13-8-6-11(7-9-13)15-14(10-19)23-17(20-15)21-16(22)12-4-2-1-3-5-12/h6-9,12H,1-5H2,(H,20,21,22). The highest BCUT2D eigenvalue weighted by Crippen LogP contribution is 2.32. The SMILES string of the molecule is N#Cc1sc(NC(=O)C2CCCCC2)nc1-c1ccc(F)cc1. The number of anilines is 1. The summed E-state index contributed by atoms with van der Waals surface area (Å²) in [5, 5.41) is 12.5. The van der Waals surface area contributed by atoms with Gasteiger partial charge in [0, 0.05) is 11.5 Å². The summed E-state index contributed by atoms with van der Waals surface area (Å²) in [7, 11) is 0. The van der Waals surface area contributed by atoms with E-state index in [1.165, 1.54) is 18.6 Å². The summed E-state index contributed by atoms with van der Waals surface area (Å²) in [6, 6.07) is 7.91. The summed E-state index contributed by atoms with van der Waals surface area (Å²) in [4.78, 5) is 17.1. The van der Waals surface area contributed by atoms with Gasteiger partial charge >= 0.3 is 0 Å². The van der Waals surface area contributed by atoms with Crippen LogP contribution in [0.1, 0.15) is 37.0 Å². The first-order chi connectivity index (χ1) is 11.2. The van der Waals surface area contributed by atoms with Crippen LogP contribution in [0.2, 0.25) is 0 Å². The van der Waals surface area contributed by atoms with Crippen LogP contribution in [0.4, 0.5) is 9.52 Å². The lowest BCUT2D eigenvalue weighted by Gasteiger charge is -2.19. The Morgan fingerprint density at radius 1 is 1.26 bits per heavy atom. The first-order valence-electron chi connectivity index (χ1n) is 7.65. The first-order valence-corrected chi connectivity index (χ1v) is 8.47. The fraction of sp³-hybridized carbons (Fsp3) is 0.353. The molecule has 6 heteroatoms. The fourth-order valence-corrected chi connectivity index (χ4v) is 3.61. The minimum absolute atomic E-state index is 0.0198. The lowest BCUT2D eigenvalue weighted by atomic mass is 9.89. The summed E-state index contributed by atoms with van der Waals surface area (Å²) in [6.45, 7) is 0. The van der Waals surface area contributed by atoms with Gasteiger partial charge in [-0.2, -0.15) is 5.26 Å². The summed E-state index contributed by atoms with van der Waals surface area (Å²) in [5.74, 6) is -0.325. The molecule has 1 saturated carbocycles. The van der Waals surface area contributed by atoms with Gasteiger partial charge in [0.2, 0.25) is 5.91 Å². The predicted molar refractivity (Wildman–Crippen MR) is 87.4 cm³/mol. The molecule has 0 atom stereocenters. The molecule has 4 nitrogen and oxygen atoms in total. The van der Waals surface area contributed by atoms with Crippen molar-refractivity contribution in [2.45, 2.75) is 32.1 Å². The average Bonchev–Trinajstić information content (AvgIpc) is 2.99. The van der Waals surface area contributed by atoms with Crippen LogP contribution in [-0.4, -0.2) is 10.9 Å². The molecule has 0 unspecified atom stereocenters. The summed E-state index contributed by atoms with van der Waals surface area (Å²) >= 11 is 1.15. The number of nitrogens with one attached hydrogen (secondary N) is 1. The molecule has 1 amide bonds. The zero-order valence-electron chi connectivity index (χ0n) is 12.5. The highest BCUT2D eigenvalue weighted by molar-refractivity contribution is 7.16. The van der Waals surface area contributed by atoms with Crippen molar-refractivity contribution in [3.05, 3.63) is 35.0 Å². The normalized spacial score (nSPS) is 15.1. The number of aromatic nitrogens is 1. The van der Waals surface area contributed by atoms with E-state index in [0.29, 0.717) is 21.3 Å². The van der Waals surface area contributed by atoms with Gasteiger partial charge in [0.05, 0.1) is 0 Å². The predicted octanol–water partition coefficient (Wildman–Crippen LogP) is 4.34. The molecule has 2 aromatic rings. The zero-order valence-corrected chi connectivity index (χ0v) is 13.3. The molecule has 118 valence electrons. The highest BCUT2D eigenvalue weighted by atomic mass is 32.1. The second-order valence-corrected chi connectivity index (χ2v) is 6.64. The monoisotopic (exact) mass is 329 g/mol. The molecule has 0 bridgehead atoms. The lowest BCUT2D eigenvalue weighted by molar-refractivity contribution is -0.120. The zero-order chi connectivity index (χ0) is 16.2. The van der Waals surface area contributed by atoms with Crippen LogP contribution >= 0.6 is 11.3 Å². The maximum atomic E-state index is 13.0. The van der Waals surface area contributed by atoms with Crippen molar-refractivity contribution >= 4 is 22.4 Å². The molecular weight excluding hydrogens is 313 g/mol. The molecule has 0 spiro atoms. The molecule has 0 saturated heterocycles. The number of benzene rings is 1. The van der Waals surface area contributed by atoms with Crippen LogP contribution in [0.15, 0.2) is 24.3 Å². The number of rotatable bonds is 3. The number of amides is 1. The summed E-state index contributed by atoms with van der Waals surface area (Å²) in [6.07, 6.45) is 5.18. The van der Waals surface area contributed by atoms with E-state index >= 15 is 0 Å². The first kappa shape index (κ1) is 15.6.